The number of aromatic nitrogens is 1. The summed E-state index contributed by atoms with van der Waals surface area (Å²) in [6.45, 7) is 11.2. The summed E-state index contributed by atoms with van der Waals surface area (Å²) in [5, 5.41) is 3.66. The molecule has 0 aliphatic rings. The predicted molar refractivity (Wildman–Crippen MR) is 75.1 cm³/mol. The Labute approximate surface area is 106 Å². The van der Waals surface area contributed by atoms with Crippen molar-refractivity contribution in [1.82, 2.24) is 9.88 Å². The number of nitrogens with zero attached hydrogens (tertiary/aromatic N) is 1. The van der Waals surface area contributed by atoms with Gasteiger partial charge < -0.3 is 9.88 Å². The van der Waals surface area contributed by atoms with Crippen LogP contribution in [0.2, 0.25) is 0 Å². The van der Waals surface area contributed by atoms with Crippen LogP contribution in [0.3, 0.4) is 0 Å². The largest absolute Gasteiger partial charge is 0.350 e. The normalized spacial score (nSPS) is 13.2. The molecule has 1 atom stereocenters. The number of aryl methyl sites for hydroxylation is 1. The van der Waals surface area contributed by atoms with E-state index in [9.17, 15) is 0 Å². The second-order valence-corrected chi connectivity index (χ2v) is 4.94. The zero-order valence-corrected chi connectivity index (χ0v) is 11.9. The number of rotatable bonds is 8. The van der Waals surface area contributed by atoms with E-state index in [0.29, 0.717) is 6.04 Å². The van der Waals surface area contributed by atoms with Crippen molar-refractivity contribution < 1.29 is 0 Å². The van der Waals surface area contributed by atoms with Crippen LogP contribution in [0.25, 0.3) is 0 Å². The van der Waals surface area contributed by atoms with Gasteiger partial charge >= 0.3 is 0 Å². The van der Waals surface area contributed by atoms with Crippen molar-refractivity contribution >= 4 is 0 Å². The van der Waals surface area contributed by atoms with Crippen LogP contribution < -0.4 is 5.32 Å². The molecule has 0 amide bonds. The van der Waals surface area contributed by atoms with Gasteiger partial charge in [0.15, 0.2) is 0 Å². The second-order valence-electron chi connectivity index (χ2n) is 4.94. The fraction of sp³-hybridized carbons (Fsp3) is 0.733. The highest BCUT2D eigenvalue weighted by Gasteiger charge is 2.13. The maximum Gasteiger partial charge on any atom is 0.0361 e. The standard InChI is InChI=1S/C15H28N2/c1-5-10-17-11-8-9-15(17)12-16-13(4)14(6-2)7-3/h8-9,11,13-14,16H,5-7,10,12H2,1-4H3. The van der Waals surface area contributed by atoms with Gasteiger partial charge in [0.1, 0.15) is 0 Å². The molecule has 98 valence electrons. The Kier molecular flexibility index (Phi) is 6.35. The van der Waals surface area contributed by atoms with E-state index < -0.39 is 0 Å². The molecule has 1 aromatic rings. The monoisotopic (exact) mass is 236 g/mol. The molecule has 1 unspecified atom stereocenters. The summed E-state index contributed by atoms with van der Waals surface area (Å²) >= 11 is 0. The fourth-order valence-electron chi connectivity index (χ4n) is 2.50. The molecule has 0 aliphatic heterocycles. The van der Waals surface area contributed by atoms with Crippen LogP contribution in [0.1, 0.15) is 52.7 Å². The minimum Gasteiger partial charge on any atom is -0.350 e. The molecule has 0 aromatic carbocycles. The minimum absolute atomic E-state index is 0.606. The summed E-state index contributed by atoms with van der Waals surface area (Å²) in [5.74, 6) is 0.796. The van der Waals surface area contributed by atoms with Gasteiger partial charge in [-0.05, 0) is 31.4 Å². The summed E-state index contributed by atoms with van der Waals surface area (Å²) in [6, 6.07) is 4.98. The Morgan fingerprint density at radius 3 is 2.53 bits per heavy atom. The van der Waals surface area contributed by atoms with Crippen LogP contribution in [0.5, 0.6) is 0 Å². The van der Waals surface area contributed by atoms with Crippen molar-refractivity contribution in [3.8, 4) is 0 Å². The summed E-state index contributed by atoms with van der Waals surface area (Å²) in [7, 11) is 0. The first-order chi connectivity index (χ1) is 8.22. The molecule has 2 heteroatoms. The Bertz CT molecular complexity index is 300. The van der Waals surface area contributed by atoms with Gasteiger partial charge in [-0.25, -0.2) is 0 Å². The third-order valence-corrected chi connectivity index (χ3v) is 3.75. The molecule has 0 saturated heterocycles. The smallest absolute Gasteiger partial charge is 0.0361 e. The van der Waals surface area contributed by atoms with Gasteiger partial charge in [0.2, 0.25) is 0 Å². The van der Waals surface area contributed by atoms with Crippen LogP contribution in [-0.4, -0.2) is 10.6 Å². The van der Waals surface area contributed by atoms with Crippen LogP contribution in [0.15, 0.2) is 18.3 Å². The summed E-state index contributed by atoms with van der Waals surface area (Å²) in [4.78, 5) is 0. The first-order valence-electron chi connectivity index (χ1n) is 7.10. The Hall–Kier alpha value is -0.760. The van der Waals surface area contributed by atoms with Crippen LogP contribution >= 0.6 is 0 Å². The zero-order chi connectivity index (χ0) is 12.7. The highest BCUT2D eigenvalue weighted by atomic mass is 15.0. The molecular weight excluding hydrogens is 208 g/mol. The van der Waals surface area contributed by atoms with Gasteiger partial charge in [0, 0.05) is 31.0 Å². The van der Waals surface area contributed by atoms with Crippen LogP contribution in [0, 0.1) is 5.92 Å². The molecule has 0 bridgehead atoms. The van der Waals surface area contributed by atoms with E-state index >= 15 is 0 Å². The van der Waals surface area contributed by atoms with E-state index in [1.807, 2.05) is 0 Å². The molecule has 0 aliphatic carbocycles. The Morgan fingerprint density at radius 1 is 1.24 bits per heavy atom. The average molecular weight is 236 g/mol. The topological polar surface area (TPSA) is 17.0 Å². The molecule has 1 aromatic heterocycles. The molecule has 1 rings (SSSR count). The van der Waals surface area contributed by atoms with E-state index in [4.69, 9.17) is 0 Å². The Morgan fingerprint density at radius 2 is 1.94 bits per heavy atom. The molecule has 2 nitrogen and oxygen atoms in total. The van der Waals surface area contributed by atoms with E-state index in [0.717, 1.165) is 19.0 Å². The minimum atomic E-state index is 0.606. The quantitative estimate of drug-likeness (QED) is 0.726. The summed E-state index contributed by atoms with van der Waals surface area (Å²) < 4.78 is 2.35. The highest BCUT2D eigenvalue weighted by Crippen LogP contribution is 2.13. The lowest BCUT2D eigenvalue weighted by Gasteiger charge is -2.23. The SMILES string of the molecule is CCCn1cccc1CNC(C)C(CC)CC. The molecule has 0 fully saturated rings. The van der Waals surface area contributed by atoms with Crippen molar-refractivity contribution in [2.45, 2.75) is 66.1 Å². The summed E-state index contributed by atoms with van der Waals surface area (Å²) in [5.41, 5.74) is 1.41. The molecule has 0 saturated carbocycles. The third kappa shape index (κ3) is 4.19. The lowest BCUT2D eigenvalue weighted by molar-refractivity contribution is 0.350. The molecule has 1 N–H and O–H groups in total. The molecule has 17 heavy (non-hydrogen) atoms. The van der Waals surface area contributed by atoms with E-state index in [1.54, 1.807) is 0 Å². The van der Waals surface area contributed by atoms with Crippen LogP contribution in [0.4, 0.5) is 0 Å². The fourth-order valence-corrected chi connectivity index (χ4v) is 2.50. The first kappa shape index (κ1) is 14.3. The van der Waals surface area contributed by atoms with Gasteiger partial charge in [-0.1, -0.05) is 33.6 Å². The number of hydrogen-bond donors (Lipinski definition) is 1. The number of hydrogen-bond acceptors (Lipinski definition) is 1. The van der Waals surface area contributed by atoms with Gasteiger partial charge in [-0.2, -0.15) is 0 Å². The van der Waals surface area contributed by atoms with Crippen molar-refractivity contribution in [3.05, 3.63) is 24.0 Å². The van der Waals surface area contributed by atoms with Gasteiger partial charge in [-0.15, -0.1) is 0 Å². The maximum atomic E-state index is 3.66. The van der Waals surface area contributed by atoms with E-state index in [1.165, 1.54) is 25.0 Å². The highest BCUT2D eigenvalue weighted by molar-refractivity contribution is 5.07. The molecule has 1 heterocycles. The van der Waals surface area contributed by atoms with Gasteiger partial charge in [0.25, 0.3) is 0 Å². The lowest BCUT2D eigenvalue weighted by Crippen LogP contribution is -2.33. The van der Waals surface area contributed by atoms with E-state index in [-0.39, 0.29) is 0 Å². The maximum absolute atomic E-state index is 3.66. The number of nitrogens with one attached hydrogen (secondary N) is 1. The second kappa shape index (κ2) is 7.54. The Balaban J connectivity index is 2.46. The lowest BCUT2D eigenvalue weighted by atomic mass is 9.95. The molecular formula is C15H28N2. The van der Waals surface area contributed by atoms with E-state index in [2.05, 4.69) is 55.9 Å². The van der Waals surface area contributed by atoms with Crippen LogP contribution in [-0.2, 0) is 13.1 Å². The van der Waals surface area contributed by atoms with Gasteiger partial charge in [0.05, 0.1) is 0 Å². The van der Waals surface area contributed by atoms with Crippen molar-refractivity contribution in [3.63, 3.8) is 0 Å². The predicted octanol–water partition coefficient (Wildman–Crippen LogP) is 3.81. The molecule has 0 spiro atoms. The molecule has 0 radical (unpaired) electrons. The van der Waals surface area contributed by atoms with Gasteiger partial charge in [-0.3, -0.25) is 0 Å². The first-order valence-corrected chi connectivity index (χ1v) is 7.10. The van der Waals surface area contributed by atoms with Crippen molar-refractivity contribution in [2.75, 3.05) is 0 Å². The zero-order valence-electron chi connectivity index (χ0n) is 11.9. The third-order valence-electron chi connectivity index (χ3n) is 3.75. The average Bonchev–Trinajstić information content (AvgIpc) is 2.76. The van der Waals surface area contributed by atoms with Crippen molar-refractivity contribution in [2.24, 2.45) is 5.92 Å². The summed E-state index contributed by atoms with van der Waals surface area (Å²) in [6.07, 6.45) is 5.91. The van der Waals surface area contributed by atoms with Crippen molar-refractivity contribution in [1.29, 1.82) is 0 Å².